The van der Waals surface area contributed by atoms with Gasteiger partial charge in [0, 0.05) is 28.6 Å². The first-order valence-electron chi connectivity index (χ1n) is 16.9. The van der Waals surface area contributed by atoms with Crippen molar-refractivity contribution in [2.45, 2.75) is 5.41 Å². The van der Waals surface area contributed by atoms with Gasteiger partial charge in [0.1, 0.15) is 11.5 Å². The van der Waals surface area contributed by atoms with Crippen molar-refractivity contribution in [2.75, 3.05) is 4.90 Å². The molecule has 0 aromatic heterocycles. The number of benzene rings is 8. The van der Waals surface area contributed by atoms with Crippen LogP contribution in [0, 0.1) is 0 Å². The third-order valence-electron chi connectivity index (χ3n) is 10.3. The maximum Gasteiger partial charge on any atom is 0.134 e. The molecule has 2 heteroatoms. The van der Waals surface area contributed by atoms with Crippen LogP contribution in [0.5, 0.6) is 11.5 Å². The topological polar surface area (TPSA) is 12.5 Å². The summed E-state index contributed by atoms with van der Waals surface area (Å²) >= 11 is 0. The fourth-order valence-electron chi connectivity index (χ4n) is 8.29. The SMILES string of the molecule is c1ccc(N(c2ccc(-c3cccc4ccccc34)cc2)c2cc3c4c(c2)-c2ccccc2C4(c2ccccc2)c2ccccc2O3)cc1. The summed E-state index contributed by atoms with van der Waals surface area (Å²) in [6, 6.07) is 67.7. The Morgan fingerprint density at radius 1 is 0.408 bits per heavy atom. The van der Waals surface area contributed by atoms with E-state index >= 15 is 0 Å². The third kappa shape index (κ3) is 4.07. The number of ether oxygens (including phenoxy) is 1. The highest BCUT2D eigenvalue weighted by Crippen LogP contribution is 2.64. The Morgan fingerprint density at radius 2 is 1.04 bits per heavy atom. The smallest absolute Gasteiger partial charge is 0.134 e. The Hall–Kier alpha value is -6.38. The molecular weight excluding hydrogens is 595 g/mol. The summed E-state index contributed by atoms with van der Waals surface area (Å²) in [4.78, 5) is 2.35. The molecule has 0 amide bonds. The van der Waals surface area contributed by atoms with E-state index in [1.165, 1.54) is 55.3 Å². The van der Waals surface area contributed by atoms with E-state index < -0.39 is 5.41 Å². The Labute approximate surface area is 286 Å². The lowest BCUT2D eigenvalue weighted by Gasteiger charge is -2.39. The van der Waals surface area contributed by atoms with E-state index in [9.17, 15) is 0 Å². The van der Waals surface area contributed by atoms with Crippen molar-refractivity contribution in [2.24, 2.45) is 0 Å². The van der Waals surface area contributed by atoms with Crippen LogP contribution in [0.2, 0.25) is 0 Å². The molecule has 8 aromatic rings. The first-order chi connectivity index (χ1) is 24.3. The van der Waals surface area contributed by atoms with Crippen LogP contribution in [0.3, 0.4) is 0 Å². The molecule has 8 aromatic carbocycles. The molecule has 0 spiro atoms. The average molecular weight is 626 g/mol. The average Bonchev–Trinajstić information content (AvgIpc) is 3.48. The van der Waals surface area contributed by atoms with Crippen molar-refractivity contribution in [1.29, 1.82) is 0 Å². The van der Waals surface area contributed by atoms with Gasteiger partial charge < -0.3 is 9.64 Å². The van der Waals surface area contributed by atoms with Gasteiger partial charge in [-0.2, -0.15) is 0 Å². The van der Waals surface area contributed by atoms with Crippen LogP contribution < -0.4 is 9.64 Å². The molecule has 49 heavy (non-hydrogen) atoms. The Balaban J connectivity index is 1.20. The van der Waals surface area contributed by atoms with Crippen molar-refractivity contribution in [3.05, 3.63) is 210 Å². The van der Waals surface area contributed by atoms with Gasteiger partial charge in [-0.1, -0.05) is 146 Å². The van der Waals surface area contributed by atoms with E-state index in [1.807, 2.05) is 0 Å². The zero-order chi connectivity index (χ0) is 32.4. The molecule has 0 N–H and O–H groups in total. The minimum atomic E-state index is -0.479. The molecule has 10 rings (SSSR count). The standard InChI is InChI=1S/C47H31NO/c1-3-16-34(17-4-1)47-42-23-10-9-21-40(42)41-30-37(31-45(46(41)47)49-44-25-12-11-24-43(44)47)48(35-18-5-2-6-19-35)36-28-26-33(27-29-36)39-22-13-15-32-14-7-8-20-38(32)39/h1-31H. The number of para-hydroxylation sites is 2. The molecule has 1 aliphatic carbocycles. The second-order valence-corrected chi connectivity index (χ2v) is 12.9. The molecule has 1 atom stereocenters. The molecule has 0 saturated carbocycles. The van der Waals surface area contributed by atoms with Crippen LogP contribution in [0.15, 0.2) is 188 Å². The zero-order valence-corrected chi connectivity index (χ0v) is 26.8. The van der Waals surface area contributed by atoms with Crippen molar-refractivity contribution in [1.82, 2.24) is 0 Å². The van der Waals surface area contributed by atoms with Crippen LogP contribution in [0.4, 0.5) is 17.1 Å². The van der Waals surface area contributed by atoms with Gasteiger partial charge in [-0.25, -0.2) is 0 Å². The van der Waals surface area contributed by atoms with Crippen LogP contribution in [0.1, 0.15) is 22.3 Å². The fraction of sp³-hybridized carbons (Fsp3) is 0.0213. The Bertz CT molecular complexity index is 2520. The second kappa shape index (κ2) is 10.8. The van der Waals surface area contributed by atoms with Crippen molar-refractivity contribution >= 4 is 27.8 Å². The third-order valence-corrected chi connectivity index (χ3v) is 10.3. The summed E-state index contributed by atoms with van der Waals surface area (Å²) in [5.41, 5.74) is 12.5. The van der Waals surface area contributed by atoms with Gasteiger partial charge in [0.05, 0.1) is 11.1 Å². The highest BCUT2D eigenvalue weighted by molar-refractivity contribution is 5.97. The van der Waals surface area contributed by atoms with Gasteiger partial charge in [0.2, 0.25) is 0 Å². The molecule has 1 heterocycles. The number of hydrogen-bond acceptors (Lipinski definition) is 2. The Kier molecular flexibility index (Phi) is 6.13. The van der Waals surface area contributed by atoms with E-state index in [0.29, 0.717) is 0 Å². The predicted octanol–water partition coefficient (Wildman–Crippen LogP) is 12.4. The van der Waals surface area contributed by atoms with Gasteiger partial charge in [0.15, 0.2) is 0 Å². The minimum absolute atomic E-state index is 0.479. The van der Waals surface area contributed by atoms with Gasteiger partial charge in [-0.3, -0.25) is 0 Å². The fourth-order valence-corrected chi connectivity index (χ4v) is 8.29. The van der Waals surface area contributed by atoms with Gasteiger partial charge >= 0.3 is 0 Å². The molecule has 2 nitrogen and oxygen atoms in total. The monoisotopic (exact) mass is 625 g/mol. The summed E-state index contributed by atoms with van der Waals surface area (Å²) in [6.45, 7) is 0. The summed E-state index contributed by atoms with van der Waals surface area (Å²) in [6.07, 6.45) is 0. The van der Waals surface area contributed by atoms with E-state index in [4.69, 9.17) is 4.74 Å². The molecule has 0 saturated heterocycles. The Morgan fingerprint density at radius 3 is 1.88 bits per heavy atom. The summed E-state index contributed by atoms with van der Waals surface area (Å²) in [7, 11) is 0. The van der Waals surface area contributed by atoms with Crippen molar-refractivity contribution in [3.8, 4) is 33.8 Å². The van der Waals surface area contributed by atoms with E-state index in [-0.39, 0.29) is 0 Å². The normalized spacial score (nSPS) is 15.2. The molecule has 230 valence electrons. The number of nitrogens with zero attached hydrogens (tertiary/aromatic N) is 1. The molecule has 0 fully saturated rings. The maximum absolute atomic E-state index is 6.90. The number of rotatable bonds is 5. The minimum Gasteiger partial charge on any atom is -0.457 e. The quantitative estimate of drug-likeness (QED) is 0.189. The lowest BCUT2D eigenvalue weighted by atomic mass is 9.66. The predicted molar refractivity (Wildman–Crippen MR) is 201 cm³/mol. The van der Waals surface area contributed by atoms with Gasteiger partial charge in [-0.15, -0.1) is 0 Å². The lowest BCUT2D eigenvalue weighted by molar-refractivity contribution is 0.438. The first kappa shape index (κ1) is 27.7. The van der Waals surface area contributed by atoms with E-state index in [2.05, 4.69) is 193 Å². The molecule has 1 aliphatic heterocycles. The van der Waals surface area contributed by atoms with Crippen molar-refractivity contribution in [3.63, 3.8) is 0 Å². The molecular formula is C47H31NO. The van der Waals surface area contributed by atoms with Crippen LogP contribution in [-0.2, 0) is 5.41 Å². The first-order valence-corrected chi connectivity index (χ1v) is 16.9. The molecule has 0 radical (unpaired) electrons. The van der Waals surface area contributed by atoms with Crippen LogP contribution >= 0.6 is 0 Å². The number of fused-ring (bicyclic) bond motifs is 6. The van der Waals surface area contributed by atoms with Crippen LogP contribution in [0.25, 0.3) is 33.0 Å². The number of hydrogen-bond donors (Lipinski definition) is 0. The van der Waals surface area contributed by atoms with E-state index in [0.717, 1.165) is 28.6 Å². The highest BCUT2D eigenvalue weighted by atomic mass is 16.5. The zero-order valence-electron chi connectivity index (χ0n) is 26.8. The van der Waals surface area contributed by atoms with Gasteiger partial charge in [0.25, 0.3) is 0 Å². The van der Waals surface area contributed by atoms with E-state index in [1.54, 1.807) is 0 Å². The second-order valence-electron chi connectivity index (χ2n) is 12.9. The molecule has 0 bridgehead atoms. The van der Waals surface area contributed by atoms with Crippen molar-refractivity contribution < 1.29 is 4.74 Å². The maximum atomic E-state index is 6.90. The lowest BCUT2D eigenvalue weighted by Crippen LogP contribution is -2.32. The highest BCUT2D eigenvalue weighted by Gasteiger charge is 2.52. The van der Waals surface area contributed by atoms with Gasteiger partial charge in [-0.05, 0) is 80.6 Å². The van der Waals surface area contributed by atoms with Crippen LogP contribution in [-0.4, -0.2) is 0 Å². The summed E-state index contributed by atoms with van der Waals surface area (Å²) in [5.74, 6) is 1.78. The largest absolute Gasteiger partial charge is 0.457 e. The summed E-state index contributed by atoms with van der Waals surface area (Å²) < 4.78 is 6.90. The molecule has 2 aliphatic rings. The molecule has 1 unspecified atom stereocenters. The summed E-state index contributed by atoms with van der Waals surface area (Å²) in [5, 5.41) is 2.50. The number of anilines is 3.